The maximum Gasteiger partial charge on any atom is 0.155 e. The van der Waals surface area contributed by atoms with Crippen LogP contribution in [-0.2, 0) is 0 Å². The lowest BCUT2D eigenvalue weighted by Crippen LogP contribution is -1.87. The lowest BCUT2D eigenvalue weighted by atomic mass is 10.1. The summed E-state index contributed by atoms with van der Waals surface area (Å²) in [5.41, 5.74) is 6.32. The largest absolute Gasteiger partial charge is 0.495 e. The SMILES string of the molecule is COc1cncc(-c2cnc3[nH]nc(-c4cc5c(-c6cccs6)nccc5[nH]4)c3c2)c1. The van der Waals surface area contributed by atoms with Gasteiger partial charge in [0.1, 0.15) is 11.4 Å². The van der Waals surface area contributed by atoms with Crippen molar-refractivity contribution in [3.63, 3.8) is 0 Å². The standard InChI is InChI=1S/C23H16N6OS/c1-30-15-7-13(10-24-12-15)14-8-17-21(28-29-23(17)26-11-14)19-9-16-18(27-19)4-5-25-22(16)20-3-2-6-31-20/h2-12,27H,1H3,(H,26,28,29). The van der Waals surface area contributed by atoms with E-state index in [1.165, 1.54) is 0 Å². The van der Waals surface area contributed by atoms with Crippen LogP contribution in [0.2, 0.25) is 0 Å². The van der Waals surface area contributed by atoms with Crippen molar-refractivity contribution < 1.29 is 4.74 Å². The van der Waals surface area contributed by atoms with E-state index in [9.17, 15) is 0 Å². The van der Waals surface area contributed by atoms with Crippen molar-refractivity contribution in [1.29, 1.82) is 0 Å². The maximum absolute atomic E-state index is 5.31. The topological polar surface area (TPSA) is 92.4 Å². The zero-order chi connectivity index (χ0) is 20.8. The minimum absolute atomic E-state index is 0.703. The van der Waals surface area contributed by atoms with E-state index in [2.05, 4.69) is 53.7 Å². The molecule has 0 saturated heterocycles. The normalized spacial score (nSPS) is 11.4. The van der Waals surface area contributed by atoms with Gasteiger partial charge in [0.25, 0.3) is 0 Å². The number of nitrogens with one attached hydrogen (secondary N) is 2. The van der Waals surface area contributed by atoms with Gasteiger partial charge in [0.05, 0.1) is 29.6 Å². The highest BCUT2D eigenvalue weighted by atomic mass is 32.1. The summed E-state index contributed by atoms with van der Waals surface area (Å²) >= 11 is 1.68. The molecule has 6 heterocycles. The fourth-order valence-electron chi connectivity index (χ4n) is 3.75. The third-order valence-corrected chi connectivity index (χ3v) is 6.13. The first-order valence-electron chi connectivity index (χ1n) is 9.65. The smallest absolute Gasteiger partial charge is 0.155 e. The van der Waals surface area contributed by atoms with Crippen molar-refractivity contribution in [1.82, 2.24) is 30.1 Å². The summed E-state index contributed by atoms with van der Waals surface area (Å²) in [5.74, 6) is 0.703. The predicted octanol–water partition coefficient (Wildman–Crippen LogP) is 5.30. The van der Waals surface area contributed by atoms with Crippen molar-refractivity contribution in [2.45, 2.75) is 0 Å². The van der Waals surface area contributed by atoms with Crippen molar-refractivity contribution in [2.75, 3.05) is 7.11 Å². The van der Waals surface area contributed by atoms with Gasteiger partial charge >= 0.3 is 0 Å². The minimum atomic E-state index is 0.703. The highest BCUT2D eigenvalue weighted by Crippen LogP contribution is 2.35. The molecule has 2 N–H and O–H groups in total. The monoisotopic (exact) mass is 424 g/mol. The summed E-state index contributed by atoms with van der Waals surface area (Å²) in [6.45, 7) is 0. The maximum atomic E-state index is 5.31. The molecule has 6 aromatic heterocycles. The van der Waals surface area contributed by atoms with Crippen molar-refractivity contribution in [3.05, 3.63) is 66.6 Å². The number of pyridine rings is 3. The number of aromatic nitrogens is 6. The Hall–Kier alpha value is -4.04. The Morgan fingerprint density at radius 2 is 1.87 bits per heavy atom. The number of hydrogen-bond donors (Lipinski definition) is 2. The lowest BCUT2D eigenvalue weighted by Gasteiger charge is -2.04. The number of aromatic amines is 2. The molecule has 0 spiro atoms. The fourth-order valence-corrected chi connectivity index (χ4v) is 4.48. The highest BCUT2D eigenvalue weighted by Gasteiger charge is 2.16. The first kappa shape index (κ1) is 17.8. The summed E-state index contributed by atoms with van der Waals surface area (Å²) in [7, 11) is 1.63. The van der Waals surface area contributed by atoms with Gasteiger partial charge in [0.15, 0.2) is 5.65 Å². The van der Waals surface area contributed by atoms with Gasteiger partial charge in [0.2, 0.25) is 0 Å². The predicted molar refractivity (Wildman–Crippen MR) is 122 cm³/mol. The van der Waals surface area contributed by atoms with Crippen molar-refractivity contribution in [2.24, 2.45) is 0 Å². The number of methoxy groups -OCH3 is 1. The first-order chi connectivity index (χ1) is 15.3. The highest BCUT2D eigenvalue weighted by molar-refractivity contribution is 7.13. The molecular weight excluding hydrogens is 408 g/mol. The van der Waals surface area contributed by atoms with E-state index in [0.717, 1.165) is 55.0 Å². The molecule has 0 unspecified atom stereocenters. The average molecular weight is 424 g/mol. The van der Waals surface area contributed by atoms with Crippen LogP contribution in [0.5, 0.6) is 5.75 Å². The molecule has 0 fully saturated rings. The van der Waals surface area contributed by atoms with Gasteiger partial charge in [-0.3, -0.25) is 15.1 Å². The number of nitrogens with zero attached hydrogens (tertiary/aromatic N) is 4. The van der Waals surface area contributed by atoms with Crippen LogP contribution in [0.25, 0.3) is 55.0 Å². The van der Waals surface area contributed by atoms with Gasteiger partial charge in [-0.15, -0.1) is 11.3 Å². The molecule has 0 bridgehead atoms. The molecule has 0 aliphatic heterocycles. The molecule has 7 nitrogen and oxygen atoms in total. The molecule has 0 radical (unpaired) electrons. The molecule has 6 aromatic rings. The van der Waals surface area contributed by atoms with Crippen LogP contribution in [0.4, 0.5) is 0 Å². The number of H-pyrrole nitrogens is 2. The molecule has 0 saturated carbocycles. The fraction of sp³-hybridized carbons (Fsp3) is 0.0435. The third kappa shape index (κ3) is 2.96. The van der Waals surface area contributed by atoms with E-state index in [1.807, 2.05) is 30.6 Å². The molecule has 150 valence electrons. The quantitative estimate of drug-likeness (QED) is 0.401. The van der Waals surface area contributed by atoms with Gasteiger partial charge in [-0.25, -0.2) is 4.98 Å². The van der Waals surface area contributed by atoms with Crippen LogP contribution >= 0.6 is 11.3 Å². The van der Waals surface area contributed by atoms with Crippen LogP contribution in [0.15, 0.2) is 66.6 Å². The van der Waals surface area contributed by atoms with Crippen LogP contribution in [0, 0.1) is 0 Å². The summed E-state index contributed by atoms with van der Waals surface area (Å²) in [5, 5.41) is 11.6. The van der Waals surface area contributed by atoms with E-state index in [1.54, 1.807) is 30.8 Å². The zero-order valence-corrected chi connectivity index (χ0v) is 17.3. The Kier molecular flexibility index (Phi) is 4.03. The number of ether oxygens (including phenoxy) is 1. The van der Waals surface area contributed by atoms with Crippen LogP contribution in [0.1, 0.15) is 0 Å². The molecule has 0 aliphatic rings. The van der Waals surface area contributed by atoms with Gasteiger partial charge in [-0.1, -0.05) is 6.07 Å². The number of fused-ring (bicyclic) bond motifs is 2. The first-order valence-corrected chi connectivity index (χ1v) is 10.5. The third-order valence-electron chi connectivity index (χ3n) is 5.26. The van der Waals surface area contributed by atoms with Crippen molar-refractivity contribution >= 4 is 33.3 Å². The van der Waals surface area contributed by atoms with E-state index in [-0.39, 0.29) is 0 Å². The molecule has 0 amide bonds. The summed E-state index contributed by atoms with van der Waals surface area (Å²) in [6.07, 6.45) is 7.12. The summed E-state index contributed by atoms with van der Waals surface area (Å²) < 4.78 is 5.31. The number of hydrogen-bond acceptors (Lipinski definition) is 6. The molecule has 6 rings (SSSR count). The van der Waals surface area contributed by atoms with Crippen LogP contribution < -0.4 is 4.74 Å². The van der Waals surface area contributed by atoms with Gasteiger partial charge < -0.3 is 9.72 Å². The Labute approximate surface area is 180 Å². The molecule has 0 atom stereocenters. The average Bonchev–Trinajstić information content (AvgIpc) is 3.57. The van der Waals surface area contributed by atoms with Crippen LogP contribution in [-0.4, -0.2) is 37.2 Å². The van der Waals surface area contributed by atoms with Gasteiger partial charge in [-0.2, -0.15) is 5.10 Å². The molecule has 31 heavy (non-hydrogen) atoms. The molecule has 0 aliphatic carbocycles. The van der Waals surface area contributed by atoms with Crippen molar-refractivity contribution in [3.8, 4) is 38.8 Å². The summed E-state index contributed by atoms with van der Waals surface area (Å²) in [4.78, 5) is 18.1. The minimum Gasteiger partial charge on any atom is -0.495 e. The number of rotatable bonds is 4. The van der Waals surface area contributed by atoms with Gasteiger partial charge in [-0.05, 0) is 35.7 Å². The zero-order valence-electron chi connectivity index (χ0n) is 16.5. The van der Waals surface area contributed by atoms with E-state index < -0.39 is 0 Å². The van der Waals surface area contributed by atoms with Crippen LogP contribution in [0.3, 0.4) is 0 Å². The second-order valence-electron chi connectivity index (χ2n) is 7.09. The number of thiophene rings is 1. The Morgan fingerprint density at radius 1 is 0.935 bits per heavy atom. The molecule has 8 heteroatoms. The Morgan fingerprint density at radius 3 is 2.74 bits per heavy atom. The second-order valence-corrected chi connectivity index (χ2v) is 8.03. The van der Waals surface area contributed by atoms with E-state index >= 15 is 0 Å². The van der Waals surface area contributed by atoms with E-state index in [0.29, 0.717) is 5.75 Å². The van der Waals surface area contributed by atoms with E-state index in [4.69, 9.17) is 4.74 Å². The molecule has 0 aromatic carbocycles. The van der Waals surface area contributed by atoms with Gasteiger partial charge in [0, 0.05) is 46.0 Å². The summed E-state index contributed by atoms with van der Waals surface area (Å²) in [6, 6.07) is 12.2. The Balaban J connectivity index is 1.50. The lowest BCUT2D eigenvalue weighted by molar-refractivity contribution is 0.413. The molecular formula is C23H16N6OS. The Bertz CT molecular complexity index is 1530. The second kappa shape index (κ2) is 7.03.